The highest BCUT2D eigenvalue weighted by molar-refractivity contribution is 6.00. The Balaban J connectivity index is 2.47. The lowest BCUT2D eigenvalue weighted by molar-refractivity contribution is 0.0525. The maximum Gasteiger partial charge on any atom is 0.407 e. The Bertz CT molecular complexity index is 553. The van der Waals surface area contributed by atoms with Gasteiger partial charge in [0.1, 0.15) is 11.4 Å². The van der Waals surface area contributed by atoms with Gasteiger partial charge in [-0.25, -0.2) is 9.78 Å². The van der Waals surface area contributed by atoms with Gasteiger partial charge < -0.3 is 15.4 Å². The summed E-state index contributed by atoms with van der Waals surface area (Å²) in [5, 5.41) is 5.91. The van der Waals surface area contributed by atoms with Crippen LogP contribution in [0.25, 0.3) is 0 Å². The van der Waals surface area contributed by atoms with Crippen molar-refractivity contribution in [2.24, 2.45) is 0 Å². The largest absolute Gasteiger partial charge is 0.444 e. The van der Waals surface area contributed by atoms with Crippen molar-refractivity contribution in [1.82, 2.24) is 10.3 Å². The molecule has 1 heterocycles. The summed E-state index contributed by atoms with van der Waals surface area (Å²) in [7, 11) is 0. The van der Waals surface area contributed by atoms with Gasteiger partial charge in [-0.3, -0.25) is 4.79 Å². The number of alkyl carbamates (subject to hydrolysis) is 1. The van der Waals surface area contributed by atoms with Gasteiger partial charge in [-0.05, 0) is 52.7 Å². The van der Waals surface area contributed by atoms with E-state index in [2.05, 4.69) is 22.5 Å². The van der Waals surface area contributed by atoms with Crippen LogP contribution in [0.15, 0.2) is 18.3 Å². The smallest absolute Gasteiger partial charge is 0.407 e. The maximum atomic E-state index is 12.4. The molecule has 1 atom stereocenters. The fourth-order valence-corrected chi connectivity index (χ4v) is 1.97. The van der Waals surface area contributed by atoms with Crippen LogP contribution >= 0.6 is 0 Å². The summed E-state index contributed by atoms with van der Waals surface area (Å²) >= 11 is 0. The van der Waals surface area contributed by atoms with E-state index in [-0.39, 0.29) is 11.8 Å². The number of rotatable bonds is 8. The molecule has 0 saturated carbocycles. The molecule has 6 nitrogen and oxygen atoms in total. The Morgan fingerprint density at radius 1 is 1.33 bits per heavy atom. The Hall–Kier alpha value is -2.11. The summed E-state index contributed by atoms with van der Waals surface area (Å²) in [5.41, 5.74) is 0.0710. The van der Waals surface area contributed by atoms with E-state index in [1.165, 1.54) is 0 Å². The first-order chi connectivity index (χ1) is 11.2. The molecule has 0 radical (unpaired) electrons. The van der Waals surface area contributed by atoms with E-state index in [1.54, 1.807) is 18.3 Å². The van der Waals surface area contributed by atoms with Crippen molar-refractivity contribution in [3.8, 4) is 0 Å². The number of ether oxygens (including phenoxy) is 1. The summed E-state index contributed by atoms with van der Waals surface area (Å²) in [6, 6.07) is 3.79. The minimum absolute atomic E-state index is 0.0138. The summed E-state index contributed by atoms with van der Waals surface area (Å²) < 4.78 is 5.15. The molecule has 0 fully saturated rings. The molecule has 1 amide bonds. The van der Waals surface area contributed by atoms with E-state index in [0.717, 1.165) is 6.42 Å². The highest BCUT2D eigenvalue weighted by Crippen LogP contribution is 2.16. The van der Waals surface area contributed by atoms with Gasteiger partial charge in [0.15, 0.2) is 5.78 Å². The zero-order valence-corrected chi connectivity index (χ0v) is 15.3. The van der Waals surface area contributed by atoms with Gasteiger partial charge in [0, 0.05) is 25.2 Å². The lowest BCUT2D eigenvalue weighted by atomic mass is 10.1. The van der Waals surface area contributed by atoms with Crippen molar-refractivity contribution in [2.45, 2.75) is 65.5 Å². The first-order valence-electron chi connectivity index (χ1n) is 8.44. The standard InChI is InChI=1S/C18H29N3O3/c1-6-13(2)21-16-14(9-7-11-19-16)15(22)10-8-12-20-17(23)24-18(3,4)5/h7,9,11,13H,6,8,10,12H2,1-5H3,(H,19,21)(H,20,23)/t13-/m1/s1. The van der Waals surface area contributed by atoms with Gasteiger partial charge in [0.05, 0.1) is 5.56 Å². The quantitative estimate of drug-likeness (QED) is 0.558. The third-order valence-electron chi connectivity index (χ3n) is 3.35. The molecule has 6 heteroatoms. The molecule has 0 aliphatic rings. The number of nitrogens with zero attached hydrogens (tertiary/aromatic N) is 1. The topological polar surface area (TPSA) is 80.3 Å². The average Bonchev–Trinajstić information content (AvgIpc) is 2.50. The van der Waals surface area contributed by atoms with Crippen molar-refractivity contribution < 1.29 is 14.3 Å². The van der Waals surface area contributed by atoms with Gasteiger partial charge in [-0.2, -0.15) is 0 Å². The molecule has 0 unspecified atom stereocenters. The minimum atomic E-state index is -0.522. The summed E-state index contributed by atoms with van der Waals surface area (Å²) in [5.74, 6) is 0.636. The average molecular weight is 335 g/mol. The number of nitrogens with one attached hydrogen (secondary N) is 2. The molecular weight excluding hydrogens is 306 g/mol. The van der Waals surface area contributed by atoms with Gasteiger partial charge >= 0.3 is 6.09 Å². The normalized spacial score (nSPS) is 12.4. The van der Waals surface area contributed by atoms with Crippen molar-refractivity contribution in [1.29, 1.82) is 0 Å². The van der Waals surface area contributed by atoms with E-state index in [9.17, 15) is 9.59 Å². The number of anilines is 1. The second kappa shape index (κ2) is 9.25. The van der Waals surface area contributed by atoms with Crippen LogP contribution in [-0.2, 0) is 4.74 Å². The zero-order chi connectivity index (χ0) is 18.2. The molecule has 1 rings (SSSR count). The van der Waals surface area contributed by atoms with Crippen LogP contribution in [0, 0.1) is 0 Å². The number of pyridine rings is 1. The molecule has 24 heavy (non-hydrogen) atoms. The number of Topliss-reactive ketones (excluding diaryl/α,β-unsaturated/α-hetero) is 1. The molecule has 0 aliphatic heterocycles. The number of aromatic nitrogens is 1. The number of ketones is 1. The second-order valence-electron chi connectivity index (χ2n) is 6.81. The van der Waals surface area contributed by atoms with E-state index in [1.807, 2.05) is 27.7 Å². The molecule has 134 valence electrons. The summed E-state index contributed by atoms with van der Waals surface area (Å²) in [4.78, 5) is 28.2. The highest BCUT2D eigenvalue weighted by atomic mass is 16.6. The zero-order valence-electron chi connectivity index (χ0n) is 15.3. The van der Waals surface area contributed by atoms with Gasteiger partial charge in [-0.1, -0.05) is 6.92 Å². The number of amides is 1. The predicted octanol–water partition coefficient (Wildman–Crippen LogP) is 3.78. The van der Waals surface area contributed by atoms with Crippen LogP contribution in [0.2, 0.25) is 0 Å². The van der Waals surface area contributed by atoms with Crippen LogP contribution in [0.1, 0.15) is 64.2 Å². The first kappa shape index (κ1) is 19.9. The fourth-order valence-electron chi connectivity index (χ4n) is 1.97. The van der Waals surface area contributed by atoms with E-state index in [4.69, 9.17) is 4.74 Å². The van der Waals surface area contributed by atoms with Gasteiger partial charge in [0.25, 0.3) is 0 Å². The molecule has 0 aromatic carbocycles. The summed E-state index contributed by atoms with van der Waals surface area (Å²) in [6.45, 7) is 9.95. The monoisotopic (exact) mass is 335 g/mol. The SMILES string of the molecule is CC[C@@H](C)Nc1ncccc1C(=O)CCCNC(=O)OC(C)(C)C. The predicted molar refractivity (Wildman–Crippen MR) is 95.4 cm³/mol. The van der Waals surface area contributed by atoms with E-state index in [0.29, 0.717) is 30.8 Å². The molecule has 0 spiro atoms. The first-order valence-corrected chi connectivity index (χ1v) is 8.44. The van der Waals surface area contributed by atoms with Crippen LogP contribution in [-0.4, -0.2) is 35.0 Å². The highest BCUT2D eigenvalue weighted by Gasteiger charge is 2.16. The van der Waals surface area contributed by atoms with Crippen molar-refractivity contribution >= 4 is 17.7 Å². The van der Waals surface area contributed by atoms with Crippen LogP contribution in [0.5, 0.6) is 0 Å². The third-order valence-corrected chi connectivity index (χ3v) is 3.35. The maximum absolute atomic E-state index is 12.4. The van der Waals surface area contributed by atoms with Crippen molar-refractivity contribution in [3.05, 3.63) is 23.9 Å². The van der Waals surface area contributed by atoms with Gasteiger partial charge in [-0.15, -0.1) is 0 Å². The molecule has 1 aromatic heterocycles. The molecule has 0 bridgehead atoms. The molecule has 2 N–H and O–H groups in total. The molecule has 1 aromatic rings. The molecular formula is C18H29N3O3. The van der Waals surface area contributed by atoms with Crippen LogP contribution in [0.3, 0.4) is 0 Å². The number of carbonyl (C=O) groups excluding carboxylic acids is 2. The lowest BCUT2D eigenvalue weighted by Crippen LogP contribution is -2.33. The number of hydrogen-bond donors (Lipinski definition) is 2. The Morgan fingerprint density at radius 3 is 2.67 bits per heavy atom. The Morgan fingerprint density at radius 2 is 2.04 bits per heavy atom. The minimum Gasteiger partial charge on any atom is -0.444 e. The van der Waals surface area contributed by atoms with Gasteiger partial charge in [0.2, 0.25) is 0 Å². The Kier molecular flexibility index (Phi) is 7.68. The summed E-state index contributed by atoms with van der Waals surface area (Å²) in [6.07, 6.45) is 3.05. The number of carbonyl (C=O) groups is 2. The van der Waals surface area contributed by atoms with Crippen molar-refractivity contribution in [2.75, 3.05) is 11.9 Å². The van der Waals surface area contributed by atoms with Crippen LogP contribution in [0.4, 0.5) is 10.6 Å². The van der Waals surface area contributed by atoms with E-state index < -0.39 is 11.7 Å². The lowest BCUT2D eigenvalue weighted by Gasteiger charge is -2.19. The fraction of sp³-hybridized carbons (Fsp3) is 0.611. The van der Waals surface area contributed by atoms with Crippen molar-refractivity contribution in [3.63, 3.8) is 0 Å². The third kappa shape index (κ3) is 7.44. The molecule has 0 saturated heterocycles. The second-order valence-corrected chi connectivity index (χ2v) is 6.81. The van der Waals surface area contributed by atoms with E-state index >= 15 is 0 Å². The van der Waals surface area contributed by atoms with Crippen LogP contribution < -0.4 is 10.6 Å². The Labute approximate surface area is 144 Å². The number of hydrogen-bond acceptors (Lipinski definition) is 5. The molecule has 0 aliphatic carbocycles.